The number of amides is 1. The third-order valence-electron chi connectivity index (χ3n) is 3.09. The molecule has 24 heavy (non-hydrogen) atoms. The van der Waals surface area contributed by atoms with Gasteiger partial charge in [0.1, 0.15) is 5.69 Å². The summed E-state index contributed by atoms with van der Waals surface area (Å²) < 4.78 is 5.48. The second-order valence-electron chi connectivity index (χ2n) is 4.80. The van der Waals surface area contributed by atoms with Crippen molar-refractivity contribution in [2.24, 2.45) is 0 Å². The third kappa shape index (κ3) is 3.51. The van der Waals surface area contributed by atoms with E-state index in [2.05, 4.69) is 36.2 Å². The van der Waals surface area contributed by atoms with Crippen molar-refractivity contribution in [3.8, 4) is 0 Å². The summed E-state index contributed by atoms with van der Waals surface area (Å²) >= 11 is 3.30. The van der Waals surface area contributed by atoms with Crippen molar-refractivity contribution in [1.82, 2.24) is 15.0 Å². The van der Waals surface area contributed by atoms with Gasteiger partial charge in [0.05, 0.1) is 16.7 Å². The summed E-state index contributed by atoms with van der Waals surface area (Å²) in [4.78, 5) is 44.0. The molecule has 0 atom stereocenters. The second-order valence-corrected chi connectivity index (χ2v) is 5.65. The number of nitrogens with one attached hydrogen (secondary N) is 3. The van der Waals surface area contributed by atoms with Crippen LogP contribution in [-0.4, -0.2) is 33.4 Å². The Labute approximate surface area is 143 Å². The van der Waals surface area contributed by atoms with Gasteiger partial charge in [-0.2, -0.15) is 0 Å². The van der Waals surface area contributed by atoms with E-state index >= 15 is 0 Å². The topological polar surface area (TPSA) is 117 Å². The predicted molar refractivity (Wildman–Crippen MR) is 89.8 cm³/mol. The van der Waals surface area contributed by atoms with Gasteiger partial charge in [-0.25, -0.2) is 14.6 Å². The van der Waals surface area contributed by atoms with E-state index in [0.717, 1.165) is 0 Å². The van der Waals surface area contributed by atoms with Crippen LogP contribution in [0.5, 0.6) is 0 Å². The smallest absolute Gasteiger partial charge is 0.357 e. The molecular formula is C15H11BrN4O4. The van der Waals surface area contributed by atoms with Crippen LogP contribution in [0.25, 0.3) is 11.0 Å². The zero-order valence-corrected chi connectivity index (χ0v) is 13.7. The van der Waals surface area contributed by atoms with E-state index < -0.39 is 18.5 Å². The van der Waals surface area contributed by atoms with Gasteiger partial charge in [0.25, 0.3) is 5.91 Å². The number of hydrogen-bond acceptors (Lipinski definition) is 5. The molecule has 0 spiro atoms. The first-order valence-electron chi connectivity index (χ1n) is 6.82. The number of H-pyrrole nitrogens is 2. The highest BCUT2D eigenvalue weighted by molar-refractivity contribution is 9.10. The maximum atomic E-state index is 11.9. The molecule has 1 aromatic carbocycles. The van der Waals surface area contributed by atoms with Crippen molar-refractivity contribution in [2.75, 3.05) is 11.9 Å². The first-order valence-corrected chi connectivity index (χ1v) is 7.62. The fraction of sp³-hybridized carbons (Fsp3) is 0.0667. The van der Waals surface area contributed by atoms with Gasteiger partial charge in [-0.3, -0.25) is 4.79 Å². The van der Waals surface area contributed by atoms with Gasteiger partial charge in [-0.15, -0.1) is 0 Å². The van der Waals surface area contributed by atoms with Crippen molar-refractivity contribution in [1.29, 1.82) is 0 Å². The van der Waals surface area contributed by atoms with Gasteiger partial charge >= 0.3 is 11.7 Å². The average molecular weight is 391 g/mol. The molecule has 1 amide bonds. The number of esters is 1. The van der Waals surface area contributed by atoms with E-state index in [1.165, 1.54) is 12.3 Å². The normalized spacial score (nSPS) is 10.5. The van der Waals surface area contributed by atoms with E-state index in [-0.39, 0.29) is 11.4 Å². The van der Waals surface area contributed by atoms with Crippen LogP contribution in [0.15, 0.2) is 45.8 Å². The molecule has 3 rings (SSSR count). The molecule has 0 saturated carbocycles. The molecule has 2 aromatic heterocycles. The summed E-state index contributed by atoms with van der Waals surface area (Å²) in [5.74, 6) is -1.20. The van der Waals surface area contributed by atoms with Crippen molar-refractivity contribution >= 4 is 44.5 Å². The highest BCUT2D eigenvalue weighted by Crippen LogP contribution is 2.26. The van der Waals surface area contributed by atoms with E-state index in [1.807, 2.05) is 0 Å². The molecule has 8 nitrogen and oxygen atoms in total. The molecule has 122 valence electrons. The van der Waals surface area contributed by atoms with E-state index in [4.69, 9.17) is 4.74 Å². The minimum absolute atomic E-state index is 0.123. The number of benzene rings is 1. The molecule has 0 unspecified atom stereocenters. The maximum Gasteiger partial charge on any atom is 0.357 e. The Morgan fingerprint density at radius 3 is 2.67 bits per heavy atom. The number of imidazole rings is 1. The van der Waals surface area contributed by atoms with Gasteiger partial charge in [0, 0.05) is 10.7 Å². The quantitative estimate of drug-likeness (QED) is 0.587. The molecule has 2 heterocycles. The molecule has 3 aromatic rings. The summed E-state index contributed by atoms with van der Waals surface area (Å²) in [6.07, 6.45) is 1.46. The first-order chi connectivity index (χ1) is 11.5. The highest BCUT2D eigenvalue weighted by Gasteiger charge is 2.13. The Bertz CT molecular complexity index is 965. The number of ether oxygens (including phenoxy) is 1. The lowest BCUT2D eigenvalue weighted by Gasteiger charge is -2.08. The third-order valence-corrected chi connectivity index (χ3v) is 3.74. The summed E-state index contributed by atoms with van der Waals surface area (Å²) in [7, 11) is 0. The number of aromatic nitrogens is 3. The highest BCUT2D eigenvalue weighted by atomic mass is 79.9. The fourth-order valence-corrected chi connectivity index (χ4v) is 2.47. The van der Waals surface area contributed by atoms with Crippen LogP contribution in [0.2, 0.25) is 0 Å². The minimum Gasteiger partial charge on any atom is -0.451 e. The summed E-state index contributed by atoms with van der Waals surface area (Å²) in [6.45, 7) is -0.455. The number of carbonyl (C=O) groups is 2. The van der Waals surface area contributed by atoms with E-state index in [1.54, 1.807) is 24.3 Å². The van der Waals surface area contributed by atoms with E-state index in [0.29, 0.717) is 21.2 Å². The zero-order valence-electron chi connectivity index (χ0n) is 12.1. The summed E-state index contributed by atoms with van der Waals surface area (Å²) in [5, 5.41) is 2.60. The number of rotatable bonds is 4. The van der Waals surface area contributed by atoms with Gasteiger partial charge < -0.3 is 20.0 Å². The zero-order chi connectivity index (χ0) is 17.1. The first kappa shape index (κ1) is 15.9. The molecule has 0 fully saturated rings. The van der Waals surface area contributed by atoms with Crippen LogP contribution >= 0.6 is 15.9 Å². The van der Waals surface area contributed by atoms with Crippen LogP contribution < -0.4 is 11.0 Å². The van der Waals surface area contributed by atoms with Crippen molar-refractivity contribution in [3.05, 3.63) is 57.2 Å². The van der Waals surface area contributed by atoms with Gasteiger partial charge in [0.15, 0.2) is 6.61 Å². The van der Waals surface area contributed by atoms with Gasteiger partial charge in [-0.05, 0) is 40.2 Å². The van der Waals surface area contributed by atoms with Crippen LogP contribution in [-0.2, 0) is 9.53 Å². The Morgan fingerprint density at radius 1 is 1.21 bits per heavy atom. The Morgan fingerprint density at radius 2 is 1.96 bits per heavy atom. The lowest BCUT2D eigenvalue weighted by Crippen LogP contribution is -2.21. The largest absolute Gasteiger partial charge is 0.451 e. The van der Waals surface area contributed by atoms with Crippen LogP contribution in [0.3, 0.4) is 0 Å². The summed E-state index contributed by atoms with van der Waals surface area (Å²) in [5.41, 5.74) is 1.37. The standard InChI is InChI=1S/C15H11BrN4O4/c16-8-5-11-12(20-15(23)19-11)6-10(8)18-13(21)7-24-14(22)9-3-1-2-4-17-9/h1-6H,7H2,(H,18,21)(H2,19,20,23). The van der Waals surface area contributed by atoms with Crippen molar-refractivity contribution in [3.63, 3.8) is 0 Å². The number of hydrogen-bond donors (Lipinski definition) is 3. The monoisotopic (exact) mass is 390 g/mol. The number of fused-ring (bicyclic) bond motifs is 1. The molecule has 0 aliphatic heterocycles. The Balaban J connectivity index is 1.65. The Hall–Kier alpha value is -2.94. The number of anilines is 1. The number of halogens is 1. The molecule has 3 N–H and O–H groups in total. The number of carbonyl (C=O) groups excluding carboxylic acids is 2. The fourth-order valence-electron chi connectivity index (χ4n) is 2.03. The van der Waals surface area contributed by atoms with Crippen LogP contribution in [0, 0.1) is 0 Å². The molecule has 0 bridgehead atoms. The second kappa shape index (κ2) is 6.67. The lowest BCUT2D eigenvalue weighted by molar-refractivity contribution is -0.119. The number of aromatic amines is 2. The van der Waals surface area contributed by atoms with E-state index in [9.17, 15) is 14.4 Å². The average Bonchev–Trinajstić information content (AvgIpc) is 2.92. The van der Waals surface area contributed by atoms with Crippen LogP contribution in [0.4, 0.5) is 5.69 Å². The molecule has 0 saturated heterocycles. The molecule has 0 radical (unpaired) electrons. The SMILES string of the molecule is O=C(COC(=O)c1ccccn1)Nc1cc2[nH]c(=O)[nH]c2cc1Br. The molecule has 0 aliphatic rings. The van der Waals surface area contributed by atoms with Gasteiger partial charge in [0.2, 0.25) is 0 Å². The summed E-state index contributed by atoms with van der Waals surface area (Å²) in [6, 6.07) is 8.06. The Kier molecular flexibility index (Phi) is 4.43. The number of pyridine rings is 1. The molecule has 0 aliphatic carbocycles. The predicted octanol–water partition coefficient (Wildman–Crippen LogP) is 1.81. The van der Waals surface area contributed by atoms with Crippen molar-refractivity contribution in [2.45, 2.75) is 0 Å². The van der Waals surface area contributed by atoms with Crippen LogP contribution in [0.1, 0.15) is 10.5 Å². The minimum atomic E-state index is -0.685. The van der Waals surface area contributed by atoms with Gasteiger partial charge in [-0.1, -0.05) is 6.07 Å². The van der Waals surface area contributed by atoms with Crippen molar-refractivity contribution < 1.29 is 14.3 Å². The molecular weight excluding hydrogens is 380 g/mol. The number of nitrogens with zero attached hydrogens (tertiary/aromatic N) is 1. The lowest BCUT2D eigenvalue weighted by atomic mass is 10.2. The molecule has 9 heteroatoms. The maximum absolute atomic E-state index is 11.9.